The van der Waals surface area contributed by atoms with Gasteiger partial charge in [0.2, 0.25) is 11.8 Å². The van der Waals surface area contributed by atoms with E-state index in [1.807, 2.05) is 6.92 Å². The molecule has 0 unspecified atom stereocenters. The van der Waals surface area contributed by atoms with Gasteiger partial charge in [0.1, 0.15) is 17.3 Å². The van der Waals surface area contributed by atoms with Crippen molar-refractivity contribution < 1.29 is 29.0 Å². The number of aryl methyl sites for hydroxylation is 2. The van der Waals surface area contributed by atoms with Gasteiger partial charge in [0.05, 0.1) is 17.9 Å². The number of aromatic hydroxyl groups is 2. The van der Waals surface area contributed by atoms with E-state index in [9.17, 15) is 19.8 Å². The first kappa shape index (κ1) is 21.8. The van der Waals surface area contributed by atoms with Crippen LogP contribution in [-0.2, 0) is 0 Å². The second-order valence-electron chi connectivity index (χ2n) is 7.31. The molecule has 2 amide bonds. The molecule has 2 N–H and O–H groups in total. The molecule has 168 valence electrons. The van der Waals surface area contributed by atoms with Crippen LogP contribution in [-0.4, -0.2) is 33.2 Å². The lowest BCUT2D eigenvalue weighted by molar-refractivity contribution is 0.0946. The molecule has 0 radical (unpaired) electrons. The van der Waals surface area contributed by atoms with Gasteiger partial charge in [-0.2, -0.15) is 0 Å². The van der Waals surface area contributed by atoms with E-state index in [0.29, 0.717) is 35.0 Å². The smallest absolute Gasteiger partial charge is 0.299 e. The summed E-state index contributed by atoms with van der Waals surface area (Å²) in [7, 11) is 0. The molecule has 0 aliphatic carbocycles. The molecule has 9 nitrogen and oxygen atoms in total. The number of hydrogen-bond donors (Lipinski definition) is 2. The average Bonchev–Trinajstić information content (AvgIpc) is 3.27. The minimum atomic E-state index is -0.768. The minimum Gasteiger partial charge on any atom is -0.494 e. The zero-order chi connectivity index (χ0) is 23.7. The van der Waals surface area contributed by atoms with Crippen LogP contribution in [0.3, 0.4) is 0 Å². The highest BCUT2D eigenvalue weighted by atomic mass is 16.5. The van der Waals surface area contributed by atoms with Gasteiger partial charge in [-0.1, -0.05) is 0 Å². The summed E-state index contributed by atoms with van der Waals surface area (Å²) < 4.78 is 12.0. The quantitative estimate of drug-likeness (QED) is 0.411. The van der Waals surface area contributed by atoms with Gasteiger partial charge in [0.15, 0.2) is 0 Å². The van der Waals surface area contributed by atoms with Crippen molar-refractivity contribution in [1.29, 1.82) is 0 Å². The van der Waals surface area contributed by atoms with Crippen LogP contribution in [0.15, 0.2) is 63.2 Å². The Hall–Kier alpha value is -4.40. The second kappa shape index (κ2) is 8.62. The van der Waals surface area contributed by atoms with Crippen LogP contribution in [0.4, 0.5) is 0 Å². The fourth-order valence-corrected chi connectivity index (χ4v) is 3.55. The lowest BCUT2D eigenvalue weighted by Crippen LogP contribution is -1.98. The monoisotopic (exact) mass is 447 g/mol. The van der Waals surface area contributed by atoms with E-state index in [0.717, 1.165) is 0 Å². The van der Waals surface area contributed by atoms with E-state index in [1.165, 1.54) is 28.8 Å². The Morgan fingerprint density at radius 1 is 0.939 bits per heavy atom. The van der Waals surface area contributed by atoms with Crippen molar-refractivity contribution in [2.24, 2.45) is 10.2 Å². The molecule has 0 spiro atoms. The van der Waals surface area contributed by atoms with Gasteiger partial charge in [-0.05, 0) is 69.3 Å². The van der Waals surface area contributed by atoms with Gasteiger partial charge in [-0.25, -0.2) is 0 Å². The predicted molar refractivity (Wildman–Crippen MR) is 119 cm³/mol. The topological polar surface area (TPSA) is 127 Å². The van der Waals surface area contributed by atoms with Crippen LogP contribution in [0.2, 0.25) is 0 Å². The largest absolute Gasteiger partial charge is 0.494 e. The first-order valence-corrected chi connectivity index (χ1v) is 10.2. The number of aromatic nitrogens is 1. The Morgan fingerprint density at radius 2 is 1.61 bits per heavy atom. The molecule has 0 aliphatic heterocycles. The van der Waals surface area contributed by atoms with Gasteiger partial charge in [0.25, 0.3) is 11.8 Å². The summed E-state index contributed by atoms with van der Waals surface area (Å²) in [5.74, 6) is -0.300. The number of amides is 2. The van der Waals surface area contributed by atoms with Crippen molar-refractivity contribution in [2.75, 3.05) is 6.61 Å². The van der Waals surface area contributed by atoms with E-state index >= 15 is 0 Å². The van der Waals surface area contributed by atoms with Crippen molar-refractivity contribution >= 4 is 22.6 Å². The maximum atomic E-state index is 12.5. The lowest BCUT2D eigenvalue weighted by Gasteiger charge is -2.08. The van der Waals surface area contributed by atoms with Crippen molar-refractivity contribution in [3.63, 3.8) is 0 Å². The molecule has 4 aromatic rings. The number of carbonyl (C=O) groups excluding carboxylic acids is 2. The normalized spacial score (nSPS) is 11.4. The lowest BCUT2D eigenvalue weighted by atomic mass is 10.1. The minimum absolute atomic E-state index is 0.0956. The maximum Gasteiger partial charge on any atom is 0.299 e. The van der Waals surface area contributed by atoms with Crippen molar-refractivity contribution in [3.05, 3.63) is 71.2 Å². The van der Waals surface area contributed by atoms with Crippen molar-refractivity contribution in [3.8, 4) is 23.2 Å². The third kappa shape index (κ3) is 4.08. The molecule has 0 fully saturated rings. The van der Waals surface area contributed by atoms with E-state index in [2.05, 4.69) is 10.2 Å². The van der Waals surface area contributed by atoms with Gasteiger partial charge >= 0.3 is 0 Å². The molecule has 4 rings (SSSR count). The summed E-state index contributed by atoms with van der Waals surface area (Å²) in [5.41, 5.74) is 0.835. The highest BCUT2D eigenvalue weighted by Crippen LogP contribution is 2.39. The number of ether oxygens (including phenoxy) is 1. The molecule has 33 heavy (non-hydrogen) atoms. The average molecular weight is 447 g/mol. The molecule has 2 aromatic carbocycles. The fourth-order valence-electron chi connectivity index (χ4n) is 3.55. The van der Waals surface area contributed by atoms with Gasteiger partial charge in [0, 0.05) is 16.3 Å². The first-order chi connectivity index (χ1) is 15.8. The van der Waals surface area contributed by atoms with Crippen LogP contribution in [0.1, 0.15) is 39.2 Å². The number of carbonyl (C=O) groups is 2. The van der Waals surface area contributed by atoms with Gasteiger partial charge in [-0.3, -0.25) is 14.2 Å². The number of nitrogens with zero attached hydrogens (tertiary/aromatic N) is 3. The standard InChI is InChI=1S/C24H21N3O6/c1-4-32-17-8-6-16(7-9-17)27-23(30)18-10-5-15(12-20(18)24(27)31)21(28)25-26-22(29)19-11-13(2)33-14(19)3/h5-12,30-31H,4H2,1-3H3. The zero-order valence-corrected chi connectivity index (χ0v) is 18.2. The molecule has 0 atom stereocenters. The number of rotatable bonds is 5. The molecule has 0 saturated heterocycles. The number of azo groups is 1. The molecular formula is C24H21N3O6. The highest BCUT2D eigenvalue weighted by Gasteiger charge is 2.20. The SMILES string of the molecule is CCOc1ccc(-n2c(O)c3ccc(C(=O)N=NC(=O)c4cc(C)oc4C)cc3c2O)cc1. The Kier molecular flexibility index (Phi) is 5.70. The van der Waals surface area contributed by atoms with E-state index in [4.69, 9.17) is 9.15 Å². The Morgan fingerprint density at radius 3 is 2.24 bits per heavy atom. The number of hydrogen-bond acceptors (Lipinski definition) is 6. The number of fused-ring (bicyclic) bond motifs is 1. The van der Waals surface area contributed by atoms with Gasteiger partial charge in [-0.15, -0.1) is 10.2 Å². The molecule has 0 saturated carbocycles. The Labute approximate surface area is 188 Å². The second-order valence-corrected chi connectivity index (χ2v) is 7.31. The van der Waals surface area contributed by atoms with Crippen LogP contribution >= 0.6 is 0 Å². The third-order valence-corrected chi connectivity index (χ3v) is 5.08. The number of furan rings is 1. The molecular weight excluding hydrogens is 426 g/mol. The van der Waals surface area contributed by atoms with Crippen LogP contribution in [0.5, 0.6) is 17.5 Å². The van der Waals surface area contributed by atoms with Crippen LogP contribution in [0, 0.1) is 13.8 Å². The van der Waals surface area contributed by atoms with Crippen LogP contribution in [0.25, 0.3) is 16.5 Å². The summed E-state index contributed by atoms with van der Waals surface area (Å²) in [5, 5.41) is 29.0. The molecule has 9 heteroatoms. The van der Waals surface area contributed by atoms with Gasteiger partial charge < -0.3 is 19.4 Å². The van der Waals surface area contributed by atoms with Crippen molar-refractivity contribution in [2.45, 2.75) is 20.8 Å². The van der Waals surface area contributed by atoms with E-state index in [-0.39, 0.29) is 28.3 Å². The van der Waals surface area contributed by atoms with Crippen molar-refractivity contribution in [1.82, 2.24) is 4.57 Å². The van der Waals surface area contributed by atoms with E-state index < -0.39 is 11.8 Å². The van der Waals surface area contributed by atoms with E-state index in [1.54, 1.807) is 38.1 Å². The predicted octanol–water partition coefficient (Wildman–Crippen LogP) is 5.08. The maximum absolute atomic E-state index is 12.5. The fraction of sp³-hybridized carbons (Fsp3) is 0.167. The number of benzene rings is 2. The molecule has 0 aliphatic rings. The zero-order valence-electron chi connectivity index (χ0n) is 18.2. The third-order valence-electron chi connectivity index (χ3n) is 5.08. The Balaban J connectivity index is 1.64. The molecule has 0 bridgehead atoms. The first-order valence-electron chi connectivity index (χ1n) is 10.2. The Bertz CT molecular complexity index is 1400. The summed E-state index contributed by atoms with van der Waals surface area (Å²) in [4.78, 5) is 24.7. The van der Waals surface area contributed by atoms with Crippen LogP contribution < -0.4 is 4.74 Å². The highest BCUT2D eigenvalue weighted by molar-refractivity contribution is 6.03. The summed E-state index contributed by atoms with van der Waals surface area (Å²) in [6.45, 7) is 5.71. The summed E-state index contributed by atoms with van der Waals surface area (Å²) in [6.07, 6.45) is 0. The summed E-state index contributed by atoms with van der Waals surface area (Å²) >= 11 is 0. The molecule has 2 heterocycles. The molecule has 2 aromatic heterocycles. The summed E-state index contributed by atoms with van der Waals surface area (Å²) in [6, 6.07) is 12.7.